The van der Waals surface area contributed by atoms with Crippen molar-refractivity contribution in [3.63, 3.8) is 0 Å². The first-order valence-corrected chi connectivity index (χ1v) is 6.72. The maximum atomic E-state index is 10.9. The summed E-state index contributed by atoms with van der Waals surface area (Å²) in [4.78, 5) is 12.8. The van der Waals surface area contributed by atoms with Crippen molar-refractivity contribution < 1.29 is 4.92 Å². The van der Waals surface area contributed by atoms with Crippen LogP contribution in [0.2, 0.25) is 0 Å². The van der Waals surface area contributed by atoms with E-state index in [2.05, 4.69) is 26.1 Å². The SMILES string of the molecule is CNC1CCN(Cc2ccc(Br)c([N+](=O)[O-])c2)C1. The molecular weight excluding hydrogens is 298 g/mol. The Hall–Kier alpha value is -0.980. The summed E-state index contributed by atoms with van der Waals surface area (Å²) in [5.41, 5.74) is 1.12. The van der Waals surface area contributed by atoms with Gasteiger partial charge in [-0.2, -0.15) is 0 Å². The van der Waals surface area contributed by atoms with Crippen LogP contribution in [0.3, 0.4) is 0 Å². The van der Waals surface area contributed by atoms with Gasteiger partial charge < -0.3 is 5.32 Å². The molecule has 1 unspecified atom stereocenters. The minimum Gasteiger partial charge on any atom is -0.316 e. The van der Waals surface area contributed by atoms with Gasteiger partial charge >= 0.3 is 0 Å². The van der Waals surface area contributed by atoms with Crippen LogP contribution in [-0.2, 0) is 6.54 Å². The van der Waals surface area contributed by atoms with E-state index in [1.165, 1.54) is 0 Å². The van der Waals surface area contributed by atoms with Crippen LogP contribution >= 0.6 is 15.9 Å². The van der Waals surface area contributed by atoms with Crippen LogP contribution in [0.4, 0.5) is 5.69 Å². The Labute approximate surface area is 114 Å². The van der Waals surface area contributed by atoms with Gasteiger partial charge in [0.25, 0.3) is 5.69 Å². The Balaban J connectivity index is 2.06. The van der Waals surface area contributed by atoms with Gasteiger partial charge in [0.1, 0.15) is 0 Å². The first kappa shape index (κ1) is 13.5. The van der Waals surface area contributed by atoms with Crippen LogP contribution in [0.25, 0.3) is 0 Å². The van der Waals surface area contributed by atoms with Crippen molar-refractivity contribution in [1.82, 2.24) is 10.2 Å². The van der Waals surface area contributed by atoms with Crippen molar-refractivity contribution in [3.05, 3.63) is 38.3 Å². The van der Waals surface area contributed by atoms with Crippen molar-refractivity contribution in [2.45, 2.75) is 19.0 Å². The molecule has 0 amide bonds. The summed E-state index contributed by atoms with van der Waals surface area (Å²) < 4.78 is 0.533. The monoisotopic (exact) mass is 313 g/mol. The van der Waals surface area contributed by atoms with Gasteiger partial charge in [-0.1, -0.05) is 6.07 Å². The molecule has 0 bridgehead atoms. The molecule has 1 saturated heterocycles. The number of likely N-dealkylation sites (tertiary alicyclic amines) is 1. The second kappa shape index (κ2) is 5.77. The molecule has 0 aliphatic carbocycles. The molecule has 0 spiro atoms. The van der Waals surface area contributed by atoms with Crippen LogP contribution in [0, 0.1) is 10.1 Å². The lowest BCUT2D eigenvalue weighted by Gasteiger charge is -2.15. The number of nitrogens with zero attached hydrogens (tertiary/aromatic N) is 2. The third-order valence-electron chi connectivity index (χ3n) is 3.29. The smallest absolute Gasteiger partial charge is 0.283 e. The second-order valence-corrected chi connectivity index (χ2v) is 5.41. The normalized spacial score (nSPS) is 20.2. The zero-order chi connectivity index (χ0) is 13.1. The molecule has 6 heteroatoms. The fourth-order valence-electron chi connectivity index (χ4n) is 2.27. The minimum absolute atomic E-state index is 0.136. The summed E-state index contributed by atoms with van der Waals surface area (Å²) in [5, 5.41) is 14.1. The minimum atomic E-state index is -0.353. The molecule has 1 fully saturated rings. The number of nitro benzene ring substituents is 1. The molecule has 5 nitrogen and oxygen atoms in total. The van der Waals surface area contributed by atoms with Gasteiger partial charge in [-0.05, 0) is 41.0 Å². The lowest BCUT2D eigenvalue weighted by atomic mass is 10.2. The predicted octanol–water partition coefficient (Wildman–Crippen LogP) is 2.15. The number of hydrogen-bond donors (Lipinski definition) is 1. The molecule has 0 radical (unpaired) electrons. The number of halogens is 1. The summed E-state index contributed by atoms with van der Waals surface area (Å²) >= 11 is 3.20. The molecule has 1 aromatic rings. The highest BCUT2D eigenvalue weighted by Crippen LogP contribution is 2.26. The number of hydrogen-bond acceptors (Lipinski definition) is 4. The Kier molecular flexibility index (Phi) is 4.31. The van der Waals surface area contributed by atoms with Gasteiger partial charge in [-0.3, -0.25) is 15.0 Å². The quantitative estimate of drug-likeness (QED) is 0.683. The lowest BCUT2D eigenvalue weighted by molar-refractivity contribution is -0.385. The first-order chi connectivity index (χ1) is 8.60. The van der Waals surface area contributed by atoms with Crippen molar-refractivity contribution in [2.75, 3.05) is 20.1 Å². The topological polar surface area (TPSA) is 58.4 Å². The van der Waals surface area contributed by atoms with Gasteiger partial charge in [-0.25, -0.2) is 0 Å². The molecule has 1 aromatic carbocycles. The van der Waals surface area contributed by atoms with E-state index in [-0.39, 0.29) is 10.6 Å². The molecule has 1 aliphatic heterocycles. The van der Waals surface area contributed by atoms with E-state index in [0.29, 0.717) is 10.5 Å². The van der Waals surface area contributed by atoms with Crippen molar-refractivity contribution >= 4 is 21.6 Å². The first-order valence-electron chi connectivity index (χ1n) is 5.92. The molecule has 0 saturated carbocycles. The van der Waals surface area contributed by atoms with Crippen molar-refractivity contribution in [3.8, 4) is 0 Å². The predicted molar refractivity (Wildman–Crippen MR) is 73.5 cm³/mol. The molecule has 18 heavy (non-hydrogen) atoms. The molecule has 98 valence electrons. The van der Waals surface area contributed by atoms with E-state index in [1.54, 1.807) is 12.1 Å². The zero-order valence-electron chi connectivity index (χ0n) is 10.2. The molecule has 1 aliphatic rings. The number of nitrogens with one attached hydrogen (secondary N) is 1. The van der Waals surface area contributed by atoms with Crippen molar-refractivity contribution in [2.24, 2.45) is 0 Å². The Morgan fingerprint density at radius 2 is 2.39 bits per heavy atom. The number of rotatable bonds is 4. The number of likely N-dealkylation sites (N-methyl/N-ethyl adjacent to an activating group) is 1. The molecule has 0 aromatic heterocycles. The maximum absolute atomic E-state index is 10.9. The largest absolute Gasteiger partial charge is 0.316 e. The third kappa shape index (κ3) is 3.07. The second-order valence-electron chi connectivity index (χ2n) is 4.55. The average Bonchev–Trinajstić information content (AvgIpc) is 2.79. The van der Waals surface area contributed by atoms with Gasteiger partial charge in [-0.15, -0.1) is 0 Å². The lowest BCUT2D eigenvalue weighted by Crippen LogP contribution is -2.29. The molecule has 1 N–H and O–H groups in total. The molecular formula is C12H16BrN3O2. The van der Waals surface area contributed by atoms with Gasteiger partial charge in [0.05, 0.1) is 9.40 Å². The van der Waals surface area contributed by atoms with Gasteiger partial charge in [0, 0.05) is 31.7 Å². The summed E-state index contributed by atoms with van der Waals surface area (Å²) in [6.07, 6.45) is 1.13. The van der Waals surface area contributed by atoms with E-state index < -0.39 is 0 Å². The molecule has 1 atom stereocenters. The average molecular weight is 314 g/mol. The van der Waals surface area contributed by atoms with Gasteiger partial charge in [0.15, 0.2) is 0 Å². The fourth-order valence-corrected chi connectivity index (χ4v) is 2.66. The summed E-state index contributed by atoms with van der Waals surface area (Å²) in [7, 11) is 1.97. The summed E-state index contributed by atoms with van der Waals surface area (Å²) in [5.74, 6) is 0. The van der Waals surface area contributed by atoms with Crippen LogP contribution in [0.5, 0.6) is 0 Å². The Bertz CT molecular complexity index is 453. The summed E-state index contributed by atoms with van der Waals surface area (Å²) in [6, 6.07) is 5.87. The van der Waals surface area contributed by atoms with E-state index in [0.717, 1.165) is 31.6 Å². The highest BCUT2D eigenvalue weighted by atomic mass is 79.9. The van der Waals surface area contributed by atoms with E-state index in [9.17, 15) is 10.1 Å². The molecule has 1 heterocycles. The van der Waals surface area contributed by atoms with Crippen LogP contribution in [0.15, 0.2) is 22.7 Å². The highest BCUT2D eigenvalue weighted by molar-refractivity contribution is 9.10. The number of benzene rings is 1. The Morgan fingerprint density at radius 1 is 1.61 bits per heavy atom. The third-order valence-corrected chi connectivity index (χ3v) is 3.96. The fraction of sp³-hybridized carbons (Fsp3) is 0.500. The van der Waals surface area contributed by atoms with E-state index in [4.69, 9.17) is 0 Å². The molecule has 2 rings (SSSR count). The maximum Gasteiger partial charge on any atom is 0.283 e. The van der Waals surface area contributed by atoms with E-state index in [1.807, 2.05) is 13.1 Å². The van der Waals surface area contributed by atoms with Crippen LogP contribution < -0.4 is 5.32 Å². The van der Waals surface area contributed by atoms with Crippen LogP contribution in [-0.4, -0.2) is 36.0 Å². The highest BCUT2D eigenvalue weighted by Gasteiger charge is 2.21. The van der Waals surface area contributed by atoms with Crippen LogP contribution in [0.1, 0.15) is 12.0 Å². The van der Waals surface area contributed by atoms with E-state index >= 15 is 0 Å². The van der Waals surface area contributed by atoms with Gasteiger partial charge in [0.2, 0.25) is 0 Å². The Morgan fingerprint density at radius 3 is 3.00 bits per heavy atom. The van der Waals surface area contributed by atoms with Crippen molar-refractivity contribution in [1.29, 1.82) is 0 Å². The zero-order valence-corrected chi connectivity index (χ0v) is 11.8. The standard InChI is InChI=1S/C12H16BrN3O2/c1-14-10-4-5-15(8-10)7-9-2-3-11(13)12(6-9)16(17)18/h2-3,6,10,14H,4-5,7-8H2,1H3. The number of nitro groups is 1. The summed E-state index contributed by atoms with van der Waals surface area (Å²) in [6.45, 7) is 2.81.